The van der Waals surface area contributed by atoms with Gasteiger partial charge in [-0.15, -0.1) is 0 Å². The summed E-state index contributed by atoms with van der Waals surface area (Å²) in [7, 11) is 0. The molecular weight excluding hydrogens is 287 g/mol. The molecule has 0 saturated carbocycles. The SMILES string of the molecule is CC(C)CNCC1CCN(Cc2cccc(F)c2Cl)CC1. The quantitative estimate of drug-likeness (QED) is 0.856. The zero-order valence-electron chi connectivity index (χ0n) is 13.0. The van der Waals surface area contributed by atoms with Crippen molar-refractivity contribution in [2.75, 3.05) is 26.2 Å². The lowest BCUT2D eigenvalue weighted by atomic mass is 9.96. The lowest BCUT2D eigenvalue weighted by Crippen LogP contribution is -2.37. The summed E-state index contributed by atoms with van der Waals surface area (Å²) in [6.45, 7) is 9.58. The van der Waals surface area contributed by atoms with Crippen molar-refractivity contribution >= 4 is 11.6 Å². The van der Waals surface area contributed by atoms with Gasteiger partial charge in [0, 0.05) is 6.54 Å². The van der Waals surface area contributed by atoms with Gasteiger partial charge < -0.3 is 5.32 Å². The molecule has 118 valence electrons. The largest absolute Gasteiger partial charge is 0.316 e. The van der Waals surface area contributed by atoms with Crippen LogP contribution < -0.4 is 5.32 Å². The standard InChI is InChI=1S/C17H26ClFN2/c1-13(2)10-20-11-14-6-8-21(9-7-14)12-15-4-3-5-16(19)17(15)18/h3-5,13-14,20H,6-12H2,1-2H3. The molecule has 0 unspecified atom stereocenters. The van der Waals surface area contributed by atoms with E-state index in [-0.39, 0.29) is 10.8 Å². The van der Waals surface area contributed by atoms with Crippen molar-refractivity contribution in [2.24, 2.45) is 11.8 Å². The van der Waals surface area contributed by atoms with Gasteiger partial charge in [0.1, 0.15) is 5.82 Å². The first-order chi connectivity index (χ1) is 10.1. The summed E-state index contributed by atoms with van der Waals surface area (Å²) in [6, 6.07) is 5.07. The van der Waals surface area contributed by atoms with Gasteiger partial charge in [0.15, 0.2) is 0 Å². The average Bonchev–Trinajstić information content (AvgIpc) is 2.45. The molecule has 0 radical (unpaired) electrons. The molecule has 0 aromatic heterocycles. The van der Waals surface area contributed by atoms with Crippen LogP contribution in [0.1, 0.15) is 32.3 Å². The van der Waals surface area contributed by atoms with E-state index in [1.165, 1.54) is 18.9 Å². The van der Waals surface area contributed by atoms with Crippen LogP contribution in [-0.2, 0) is 6.54 Å². The summed E-state index contributed by atoms with van der Waals surface area (Å²) < 4.78 is 13.4. The Morgan fingerprint density at radius 2 is 2.05 bits per heavy atom. The zero-order valence-corrected chi connectivity index (χ0v) is 13.8. The molecule has 4 heteroatoms. The van der Waals surface area contributed by atoms with Crippen LogP contribution in [0.5, 0.6) is 0 Å². The molecule has 1 aliphatic heterocycles. The fraction of sp³-hybridized carbons (Fsp3) is 0.647. The minimum absolute atomic E-state index is 0.276. The number of benzene rings is 1. The van der Waals surface area contributed by atoms with Gasteiger partial charge in [0.2, 0.25) is 0 Å². The molecule has 1 heterocycles. The average molecular weight is 313 g/mol. The van der Waals surface area contributed by atoms with Gasteiger partial charge in [-0.1, -0.05) is 37.6 Å². The smallest absolute Gasteiger partial charge is 0.142 e. The predicted molar refractivity (Wildman–Crippen MR) is 87.1 cm³/mol. The summed E-state index contributed by atoms with van der Waals surface area (Å²) in [5.74, 6) is 1.16. The van der Waals surface area contributed by atoms with Gasteiger partial charge in [-0.2, -0.15) is 0 Å². The Morgan fingerprint density at radius 3 is 2.71 bits per heavy atom. The number of nitrogens with zero attached hydrogens (tertiary/aromatic N) is 1. The van der Waals surface area contributed by atoms with Crippen LogP contribution in [0.2, 0.25) is 5.02 Å². The molecule has 1 N–H and O–H groups in total. The Morgan fingerprint density at radius 1 is 1.33 bits per heavy atom. The van der Waals surface area contributed by atoms with Crippen molar-refractivity contribution in [3.8, 4) is 0 Å². The van der Waals surface area contributed by atoms with Crippen molar-refractivity contribution < 1.29 is 4.39 Å². The lowest BCUT2D eigenvalue weighted by molar-refractivity contribution is 0.175. The van der Waals surface area contributed by atoms with Gasteiger partial charge in [-0.25, -0.2) is 4.39 Å². The molecule has 1 aliphatic rings. The van der Waals surface area contributed by atoms with E-state index in [1.807, 2.05) is 6.07 Å². The minimum Gasteiger partial charge on any atom is -0.316 e. The maximum absolute atomic E-state index is 13.4. The molecule has 0 aliphatic carbocycles. The van der Waals surface area contributed by atoms with Crippen LogP contribution in [0.15, 0.2) is 18.2 Å². The highest BCUT2D eigenvalue weighted by Crippen LogP contribution is 2.24. The minimum atomic E-state index is -0.318. The van der Waals surface area contributed by atoms with Crippen molar-refractivity contribution in [3.05, 3.63) is 34.6 Å². The molecule has 1 aromatic rings. The highest BCUT2D eigenvalue weighted by atomic mass is 35.5. The van der Waals surface area contributed by atoms with Crippen LogP contribution in [0, 0.1) is 17.7 Å². The van der Waals surface area contributed by atoms with Crippen LogP contribution in [0.3, 0.4) is 0 Å². The topological polar surface area (TPSA) is 15.3 Å². The normalized spacial score (nSPS) is 17.6. The summed E-state index contributed by atoms with van der Waals surface area (Å²) >= 11 is 6.03. The summed E-state index contributed by atoms with van der Waals surface area (Å²) in [5, 5.41) is 3.82. The summed E-state index contributed by atoms with van der Waals surface area (Å²) in [5.41, 5.74) is 0.896. The molecule has 0 bridgehead atoms. The van der Waals surface area contributed by atoms with Crippen molar-refractivity contribution in [3.63, 3.8) is 0 Å². The van der Waals surface area contributed by atoms with Crippen molar-refractivity contribution in [1.29, 1.82) is 0 Å². The van der Waals surface area contributed by atoms with E-state index in [0.29, 0.717) is 5.92 Å². The van der Waals surface area contributed by atoms with E-state index in [4.69, 9.17) is 11.6 Å². The second-order valence-electron chi connectivity index (χ2n) is 6.48. The molecule has 1 aromatic carbocycles. The van der Waals surface area contributed by atoms with Gasteiger partial charge in [0.25, 0.3) is 0 Å². The second-order valence-corrected chi connectivity index (χ2v) is 6.86. The monoisotopic (exact) mass is 312 g/mol. The predicted octanol–water partition coefficient (Wildman–Crippen LogP) is 3.94. The first-order valence-electron chi connectivity index (χ1n) is 7.92. The molecule has 1 saturated heterocycles. The van der Waals surface area contributed by atoms with Gasteiger partial charge in [-0.05, 0) is 62.5 Å². The Bertz CT molecular complexity index is 442. The second kappa shape index (κ2) is 8.11. The van der Waals surface area contributed by atoms with E-state index in [9.17, 15) is 4.39 Å². The summed E-state index contributed by atoms with van der Waals surface area (Å²) in [4.78, 5) is 2.37. The fourth-order valence-corrected chi connectivity index (χ4v) is 3.02. The fourth-order valence-electron chi connectivity index (χ4n) is 2.84. The van der Waals surface area contributed by atoms with Crippen LogP contribution in [0.4, 0.5) is 4.39 Å². The first-order valence-corrected chi connectivity index (χ1v) is 8.30. The maximum Gasteiger partial charge on any atom is 0.142 e. The first kappa shape index (κ1) is 16.7. The van der Waals surface area contributed by atoms with E-state index in [0.717, 1.165) is 44.2 Å². The third-order valence-electron chi connectivity index (χ3n) is 4.12. The van der Waals surface area contributed by atoms with Crippen LogP contribution in [-0.4, -0.2) is 31.1 Å². The number of rotatable bonds is 6. The number of halogens is 2. The number of hydrogen-bond donors (Lipinski definition) is 1. The molecule has 1 fully saturated rings. The van der Waals surface area contributed by atoms with E-state index >= 15 is 0 Å². The highest BCUT2D eigenvalue weighted by Gasteiger charge is 2.20. The molecule has 0 atom stereocenters. The Hall–Kier alpha value is -0.640. The number of piperidine rings is 1. The van der Waals surface area contributed by atoms with Crippen molar-refractivity contribution in [1.82, 2.24) is 10.2 Å². The molecular formula is C17H26ClFN2. The molecule has 2 rings (SSSR count). The van der Waals surface area contributed by atoms with E-state index < -0.39 is 0 Å². The van der Waals surface area contributed by atoms with E-state index in [1.54, 1.807) is 6.07 Å². The van der Waals surface area contributed by atoms with Crippen molar-refractivity contribution in [2.45, 2.75) is 33.2 Å². The van der Waals surface area contributed by atoms with Gasteiger partial charge >= 0.3 is 0 Å². The van der Waals surface area contributed by atoms with E-state index in [2.05, 4.69) is 24.1 Å². The molecule has 2 nitrogen and oxygen atoms in total. The molecule has 0 amide bonds. The summed E-state index contributed by atoms with van der Waals surface area (Å²) in [6.07, 6.45) is 2.41. The number of hydrogen-bond acceptors (Lipinski definition) is 2. The highest BCUT2D eigenvalue weighted by molar-refractivity contribution is 6.31. The molecule has 21 heavy (non-hydrogen) atoms. The number of nitrogens with one attached hydrogen (secondary N) is 1. The maximum atomic E-state index is 13.4. The Labute approximate surface area is 132 Å². The number of likely N-dealkylation sites (tertiary alicyclic amines) is 1. The van der Waals surface area contributed by atoms with Gasteiger partial charge in [-0.3, -0.25) is 4.90 Å². The lowest BCUT2D eigenvalue weighted by Gasteiger charge is -2.32. The third kappa shape index (κ3) is 5.24. The zero-order chi connectivity index (χ0) is 15.2. The molecule has 0 spiro atoms. The van der Waals surface area contributed by atoms with Crippen LogP contribution >= 0.6 is 11.6 Å². The van der Waals surface area contributed by atoms with Gasteiger partial charge in [0.05, 0.1) is 5.02 Å². The third-order valence-corrected chi connectivity index (χ3v) is 4.54. The Balaban J connectivity index is 1.75. The Kier molecular flexibility index (Phi) is 6.46. The van der Waals surface area contributed by atoms with Crippen LogP contribution in [0.25, 0.3) is 0 Å².